The maximum atomic E-state index is 6.14. The fourth-order valence-corrected chi connectivity index (χ4v) is 1.81. The monoisotopic (exact) mass is 216 g/mol. The molecule has 84 valence electrons. The van der Waals surface area contributed by atoms with Gasteiger partial charge in [0.2, 0.25) is 0 Å². The summed E-state index contributed by atoms with van der Waals surface area (Å²) in [6.45, 7) is 2.06. The molecule has 0 aliphatic carbocycles. The molecule has 1 aliphatic heterocycles. The lowest BCUT2D eigenvalue weighted by atomic mass is 9.99. The van der Waals surface area contributed by atoms with Gasteiger partial charge in [0.1, 0.15) is 5.66 Å². The summed E-state index contributed by atoms with van der Waals surface area (Å²) >= 11 is 0. The highest BCUT2D eigenvalue weighted by Gasteiger charge is 2.23. The molecule has 0 bridgehead atoms. The van der Waals surface area contributed by atoms with Gasteiger partial charge in [0, 0.05) is 12.6 Å². The first-order valence-electron chi connectivity index (χ1n) is 5.21. The highest BCUT2D eigenvalue weighted by molar-refractivity contribution is 5.80. The van der Waals surface area contributed by atoms with Crippen molar-refractivity contribution >= 4 is 5.96 Å². The van der Waals surface area contributed by atoms with Crippen molar-refractivity contribution in [2.24, 2.45) is 16.5 Å². The minimum Gasteiger partial charge on any atom is -0.370 e. The summed E-state index contributed by atoms with van der Waals surface area (Å²) in [7, 11) is 0. The van der Waals surface area contributed by atoms with Gasteiger partial charge in [0.05, 0.1) is 0 Å². The van der Waals surface area contributed by atoms with Crippen molar-refractivity contribution < 1.29 is 0 Å². The van der Waals surface area contributed by atoms with Crippen LogP contribution in [-0.2, 0) is 6.42 Å². The van der Waals surface area contributed by atoms with Crippen LogP contribution < -0.4 is 16.8 Å². The van der Waals surface area contributed by atoms with E-state index in [1.54, 1.807) is 6.20 Å². The summed E-state index contributed by atoms with van der Waals surface area (Å²) in [5, 5.41) is 2.80. The quantitative estimate of drug-likeness (QED) is 0.678. The van der Waals surface area contributed by atoms with Crippen LogP contribution in [0.25, 0.3) is 0 Å². The second-order valence-corrected chi connectivity index (χ2v) is 4.13. The van der Waals surface area contributed by atoms with E-state index in [9.17, 15) is 0 Å². The van der Waals surface area contributed by atoms with Crippen molar-refractivity contribution in [3.8, 4) is 0 Å². The minimum absolute atomic E-state index is 0.359. The van der Waals surface area contributed by atoms with Gasteiger partial charge in [0.25, 0.3) is 0 Å². The first-order valence-corrected chi connectivity index (χ1v) is 5.21. The van der Waals surface area contributed by atoms with Crippen LogP contribution in [0.2, 0.25) is 0 Å². The molecular formula is C12H16N4. The number of nitrogens with zero attached hydrogens (tertiary/aromatic N) is 1. The molecule has 1 aromatic rings. The molecule has 1 aromatic carbocycles. The predicted molar refractivity (Wildman–Crippen MR) is 65.7 cm³/mol. The number of hydrogen-bond acceptors (Lipinski definition) is 4. The van der Waals surface area contributed by atoms with Crippen molar-refractivity contribution in [2.45, 2.75) is 19.0 Å². The molecule has 5 N–H and O–H groups in total. The molecular weight excluding hydrogens is 200 g/mol. The van der Waals surface area contributed by atoms with E-state index in [0.29, 0.717) is 12.4 Å². The maximum Gasteiger partial charge on any atom is 0.194 e. The van der Waals surface area contributed by atoms with Gasteiger partial charge in [-0.15, -0.1) is 0 Å². The fraction of sp³-hybridized carbons (Fsp3) is 0.250. The zero-order chi connectivity index (χ0) is 11.6. The van der Waals surface area contributed by atoms with Crippen molar-refractivity contribution in [1.29, 1.82) is 0 Å². The van der Waals surface area contributed by atoms with Gasteiger partial charge in [0.15, 0.2) is 5.96 Å². The van der Waals surface area contributed by atoms with E-state index in [1.807, 2.05) is 18.2 Å². The summed E-state index contributed by atoms with van der Waals surface area (Å²) in [5.74, 6) is 0.359. The summed E-state index contributed by atoms with van der Waals surface area (Å²) < 4.78 is 0. The van der Waals surface area contributed by atoms with Gasteiger partial charge in [-0.1, -0.05) is 29.8 Å². The van der Waals surface area contributed by atoms with Crippen molar-refractivity contribution in [3.05, 3.63) is 47.7 Å². The maximum absolute atomic E-state index is 6.14. The van der Waals surface area contributed by atoms with Gasteiger partial charge in [-0.05, 0) is 18.6 Å². The zero-order valence-electron chi connectivity index (χ0n) is 9.27. The van der Waals surface area contributed by atoms with Gasteiger partial charge in [-0.25, -0.2) is 4.99 Å². The third-order valence-corrected chi connectivity index (χ3v) is 2.50. The molecule has 1 aliphatic rings. The molecule has 16 heavy (non-hydrogen) atoms. The third-order valence-electron chi connectivity index (χ3n) is 2.50. The summed E-state index contributed by atoms with van der Waals surface area (Å²) in [5.41, 5.74) is 13.4. The van der Waals surface area contributed by atoms with Gasteiger partial charge >= 0.3 is 0 Å². The number of aryl methyl sites for hydroxylation is 1. The largest absolute Gasteiger partial charge is 0.370 e. The number of nitrogens with one attached hydrogen (secondary N) is 1. The molecule has 4 heteroatoms. The van der Waals surface area contributed by atoms with Crippen LogP contribution in [0.15, 0.2) is 41.5 Å². The Bertz CT molecular complexity index is 450. The Morgan fingerprint density at radius 2 is 2.25 bits per heavy atom. The summed E-state index contributed by atoms with van der Waals surface area (Å²) in [6, 6.07) is 8.23. The average molecular weight is 216 g/mol. The van der Waals surface area contributed by atoms with Crippen molar-refractivity contribution in [1.82, 2.24) is 5.32 Å². The molecule has 4 nitrogen and oxygen atoms in total. The molecule has 0 saturated heterocycles. The molecule has 0 radical (unpaired) electrons. The Morgan fingerprint density at radius 3 is 2.94 bits per heavy atom. The number of hydrogen-bond donors (Lipinski definition) is 3. The Morgan fingerprint density at radius 1 is 1.44 bits per heavy atom. The predicted octanol–water partition coefficient (Wildman–Crippen LogP) is 0.624. The Labute approximate surface area is 95.1 Å². The highest BCUT2D eigenvalue weighted by atomic mass is 15.2. The summed E-state index contributed by atoms with van der Waals surface area (Å²) in [6.07, 6.45) is 4.21. The van der Waals surface area contributed by atoms with Crippen LogP contribution in [0, 0.1) is 6.92 Å². The second kappa shape index (κ2) is 3.98. The molecule has 1 heterocycles. The van der Waals surface area contributed by atoms with E-state index < -0.39 is 5.66 Å². The fourth-order valence-electron chi connectivity index (χ4n) is 1.81. The lowest BCUT2D eigenvalue weighted by molar-refractivity contribution is 0.541. The van der Waals surface area contributed by atoms with Crippen molar-refractivity contribution in [3.63, 3.8) is 0 Å². The van der Waals surface area contributed by atoms with E-state index in [0.717, 1.165) is 5.56 Å². The molecule has 1 atom stereocenters. The number of guanidine groups is 1. The third kappa shape index (κ3) is 2.41. The van der Waals surface area contributed by atoms with E-state index in [4.69, 9.17) is 11.5 Å². The van der Waals surface area contributed by atoms with Gasteiger partial charge in [-0.2, -0.15) is 0 Å². The van der Waals surface area contributed by atoms with Crippen molar-refractivity contribution in [2.75, 3.05) is 0 Å². The second-order valence-electron chi connectivity index (χ2n) is 4.13. The molecule has 1 unspecified atom stereocenters. The molecule has 0 fully saturated rings. The van der Waals surface area contributed by atoms with Crippen LogP contribution in [0.4, 0.5) is 0 Å². The number of benzene rings is 1. The topological polar surface area (TPSA) is 76.4 Å². The first-order chi connectivity index (χ1) is 7.57. The molecule has 0 aromatic heterocycles. The zero-order valence-corrected chi connectivity index (χ0v) is 9.27. The van der Waals surface area contributed by atoms with Crippen LogP contribution in [-0.4, -0.2) is 11.6 Å². The van der Waals surface area contributed by atoms with Crippen LogP contribution in [0.3, 0.4) is 0 Å². The van der Waals surface area contributed by atoms with Crippen LogP contribution in [0.5, 0.6) is 0 Å². The number of nitrogens with two attached hydrogens (primary N) is 2. The van der Waals surface area contributed by atoms with Crippen LogP contribution in [0.1, 0.15) is 11.1 Å². The molecule has 0 spiro atoms. The highest BCUT2D eigenvalue weighted by Crippen LogP contribution is 2.16. The van der Waals surface area contributed by atoms with E-state index in [2.05, 4.69) is 29.4 Å². The number of aliphatic imine (C=N–C) groups is 1. The molecule has 2 rings (SSSR count). The Balaban J connectivity index is 2.21. The lowest BCUT2D eigenvalue weighted by Crippen LogP contribution is -2.45. The molecule has 0 saturated carbocycles. The van der Waals surface area contributed by atoms with E-state index in [-0.39, 0.29) is 0 Å². The normalized spacial score (nSPS) is 23.8. The smallest absolute Gasteiger partial charge is 0.194 e. The van der Waals surface area contributed by atoms with Gasteiger partial charge in [-0.3, -0.25) is 0 Å². The van der Waals surface area contributed by atoms with Crippen LogP contribution >= 0.6 is 0 Å². The average Bonchev–Trinajstić information content (AvgIpc) is 2.16. The standard InChI is InChI=1S/C12H16N4/c1-9-3-2-4-10(7-9)8-12(14)5-6-15-11(13)16-12/h2-7H,8,14H2,1H3,(H3,13,15,16). The van der Waals surface area contributed by atoms with Gasteiger partial charge < -0.3 is 16.8 Å². The Hall–Kier alpha value is -1.81. The van der Waals surface area contributed by atoms with E-state index in [1.165, 1.54) is 5.56 Å². The minimum atomic E-state index is -0.733. The SMILES string of the molecule is Cc1cccc(CC2(N)C=CNC(N)=N2)c1. The van der Waals surface area contributed by atoms with E-state index >= 15 is 0 Å². The summed E-state index contributed by atoms with van der Waals surface area (Å²) in [4.78, 5) is 4.21. The lowest BCUT2D eigenvalue weighted by Gasteiger charge is -2.25. The number of rotatable bonds is 2. The Kier molecular flexibility index (Phi) is 2.66. The first kappa shape index (κ1) is 10.7. The molecule has 0 amide bonds.